The van der Waals surface area contributed by atoms with Gasteiger partial charge in [-0.1, -0.05) is 0 Å². The molecule has 24 heavy (non-hydrogen) atoms. The van der Waals surface area contributed by atoms with Gasteiger partial charge in [0.25, 0.3) is 5.91 Å². The zero-order valence-electron chi connectivity index (χ0n) is 13.7. The van der Waals surface area contributed by atoms with Crippen LogP contribution in [0.3, 0.4) is 0 Å². The number of carbonyl (C=O) groups excluding carboxylic acids is 1. The van der Waals surface area contributed by atoms with E-state index in [0.717, 1.165) is 16.4 Å². The van der Waals surface area contributed by atoms with Gasteiger partial charge in [0.05, 0.1) is 22.5 Å². The van der Waals surface area contributed by atoms with Gasteiger partial charge in [-0.2, -0.15) is 5.10 Å². The Labute approximate surface area is 143 Å². The second-order valence-electron chi connectivity index (χ2n) is 5.93. The topological polar surface area (TPSA) is 80.3 Å². The average molecular weight is 345 g/mol. The van der Waals surface area contributed by atoms with Crippen LogP contribution in [0.4, 0.5) is 0 Å². The molecule has 0 aliphatic heterocycles. The summed E-state index contributed by atoms with van der Waals surface area (Å²) in [6.07, 6.45) is 3.32. The van der Waals surface area contributed by atoms with E-state index < -0.39 is 5.60 Å². The highest BCUT2D eigenvalue weighted by atomic mass is 32.1. The number of aromatic nitrogens is 2. The maximum Gasteiger partial charge on any atom is 0.261 e. The number of aliphatic hydroxyl groups is 1. The van der Waals surface area contributed by atoms with E-state index in [-0.39, 0.29) is 12.5 Å². The largest absolute Gasteiger partial charge is 0.461 e. The van der Waals surface area contributed by atoms with Gasteiger partial charge in [0.2, 0.25) is 0 Å². The van der Waals surface area contributed by atoms with Gasteiger partial charge in [-0.15, -0.1) is 11.3 Å². The number of aryl methyl sites for hydroxylation is 2. The highest BCUT2D eigenvalue weighted by Crippen LogP contribution is 2.29. The quantitative estimate of drug-likeness (QED) is 0.745. The highest BCUT2D eigenvalue weighted by molar-refractivity contribution is 7.17. The van der Waals surface area contributed by atoms with Crippen LogP contribution in [0.2, 0.25) is 0 Å². The standard InChI is InChI=1S/C17H19N3O3S/c1-11-4-5-13(23-11)14-6-7-15(24-14)16(21)18-10-17(2,22)12-8-19-20(3)9-12/h4-9,22H,10H2,1-3H3,(H,18,21)/t17-/m1/s1. The van der Waals surface area contributed by atoms with Gasteiger partial charge in [0, 0.05) is 18.8 Å². The van der Waals surface area contributed by atoms with Crippen LogP contribution in [-0.4, -0.2) is 27.3 Å². The number of amides is 1. The third-order valence-electron chi connectivity index (χ3n) is 3.73. The molecule has 1 atom stereocenters. The summed E-state index contributed by atoms with van der Waals surface area (Å²) in [5, 5.41) is 17.3. The summed E-state index contributed by atoms with van der Waals surface area (Å²) in [7, 11) is 1.78. The Hall–Kier alpha value is -2.38. The molecule has 0 saturated heterocycles. The van der Waals surface area contributed by atoms with Crippen LogP contribution in [-0.2, 0) is 12.6 Å². The minimum Gasteiger partial charge on any atom is -0.461 e. The summed E-state index contributed by atoms with van der Waals surface area (Å²) < 4.78 is 7.18. The van der Waals surface area contributed by atoms with Crippen molar-refractivity contribution in [3.05, 3.63) is 52.9 Å². The van der Waals surface area contributed by atoms with Gasteiger partial charge in [-0.3, -0.25) is 9.48 Å². The van der Waals surface area contributed by atoms with Crippen LogP contribution >= 0.6 is 11.3 Å². The number of rotatable bonds is 5. The molecule has 126 valence electrons. The zero-order valence-corrected chi connectivity index (χ0v) is 14.6. The predicted molar refractivity (Wildman–Crippen MR) is 91.9 cm³/mol. The summed E-state index contributed by atoms with van der Waals surface area (Å²) >= 11 is 1.35. The Morgan fingerprint density at radius 1 is 1.42 bits per heavy atom. The smallest absolute Gasteiger partial charge is 0.261 e. The Morgan fingerprint density at radius 2 is 2.21 bits per heavy atom. The Morgan fingerprint density at radius 3 is 2.83 bits per heavy atom. The minimum absolute atomic E-state index is 0.102. The third kappa shape index (κ3) is 3.42. The molecule has 3 heterocycles. The predicted octanol–water partition coefficient (Wildman–Crippen LogP) is 2.69. The lowest BCUT2D eigenvalue weighted by molar-refractivity contribution is 0.0527. The number of hydrogen-bond acceptors (Lipinski definition) is 5. The van der Waals surface area contributed by atoms with Crippen molar-refractivity contribution < 1.29 is 14.3 Å². The second kappa shape index (κ2) is 6.26. The van der Waals surface area contributed by atoms with Crippen molar-refractivity contribution in [1.29, 1.82) is 0 Å². The lowest BCUT2D eigenvalue weighted by atomic mass is 10.00. The molecule has 0 saturated carbocycles. The van der Waals surface area contributed by atoms with Crippen LogP contribution in [0, 0.1) is 6.92 Å². The van der Waals surface area contributed by atoms with Crippen molar-refractivity contribution in [3.8, 4) is 10.6 Å². The summed E-state index contributed by atoms with van der Waals surface area (Å²) in [5.74, 6) is 1.36. The first-order valence-corrected chi connectivity index (χ1v) is 8.33. The van der Waals surface area contributed by atoms with Crippen molar-refractivity contribution in [2.75, 3.05) is 6.54 Å². The number of hydrogen-bond donors (Lipinski definition) is 2. The number of furan rings is 1. The van der Waals surface area contributed by atoms with Gasteiger partial charge >= 0.3 is 0 Å². The number of carbonyl (C=O) groups is 1. The molecule has 3 aromatic heterocycles. The van der Waals surface area contributed by atoms with E-state index in [1.54, 1.807) is 37.1 Å². The van der Waals surface area contributed by atoms with E-state index in [2.05, 4.69) is 10.4 Å². The SMILES string of the molecule is Cc1ccc(-c2ccc(C(=O)NC[C@@](C)(O)c3cnn(C)c3)s2)o1. The third-order valence-corrected chi connectivity index (χ3v) is 4.83. The van der Waals surface area contributed by atoms with E-state index >= 15 is 0 Å². The molecule has 7 heteroatoms. The average Bonchev–Trinajstić information content (AvgIpc) is 3.24. The molecule has 0 aliphatic carbocycles. The highest BCUT2D eigenvalue weighted by Gasteiger charge is 2.26. The molecule has 0 bridgehead atoms. The molecule has 0 fully saturated rings. The molecular weight excluding hydrogens is 326 g/mol. The summed E-state index contributed by atoms with van der Waals surface area (Å²) in [6.45, 7) is 3.63. The van der Waals surface area contributed by atoms with Crippen LogP contribution in [0.5, 0.6) is 0 Å². The summed E-state index contributed by atoms with van der Waals surface area (Å²) in [5.41, 5.74) is -0.523. The molecule has 1 amide bonds. The van der Waals surface area contributed by atoms with Crippen molar-refractivity contribution in [2.24, 2.45) is 7.05 Å². The van der Waals surface area contributed by atoms with Gasteiger partial charge < -0.3 is 14.8 Å². The lowest BCUT2D eigenvalue weighted by Crippen LogP contribution is -2.38. The van der Waals surface area contributed by atoms with E-state index in [1.165, 1.54) is 11.3 Å². The minimum atomic E-state index is -1.18. The van der Waals surface area contributed by atoms with E-state index in [9.17, 15) is 9.90 Å². The van der Waals surface area contributed by atoms with E-state index in [1.807, 2.05) is 25.1 Å². The molecule has 3 rings (SSSR count). The molecule has 0 unspecified atom stereocenters. The molecule has 0 radical (unpaired) electrons. The van der Waals surface area contributed by atoms with Crippen LogP contribution in [0.25, 0.3) is 10.6 Å². The van der Waals surface area contributed by atoms with Crippen molar-refractivity contribution in [3.63, 3.8) is 0 Å². The number of nitrogens with one attached hydrogen (secondary N) is 1. The number of nitrogens with zero attached hydrogens (tertiary/aromatic N) is 2. The van der Waals surface area contributed by atoms with Crippen LogP contribution in [0.15, 0.2) is 41.1 Å². The zero-order chi connectivity index (χ0) is 17.3. The van der Waals surface area contributed by atoms with E-state index in [0.29, 0.717) is 10.4 Å². The van der Waals surface area contributed by atoms with Crippen molar-refractivity contribution in [2.45, 2.75) is 19.4 Å². The van der Waals surface area contributed by atoms with Gasteiger partial charge in [-0.25, -0.2) is 0 Å². The van der Waals surface area contributed by atoms with Crippen LogP contribution in [0.1, 0.15) is 27.9 Å². The van der Waals surface area contributed by atoms with Crippen LogP contribution < -0.4 is 5.32 Å². The van der Waals surface area contributed by atoms with E-state index in [4.69, 9.17) is 4.42 Å². The molecule has 2 N–H and O–H groups in total. The van der Waals surface area contributed by atoms with Gasteiger partial charge in [0.15, 0.2) is 0 Å². The Bertz CT molecular complexity index is 860. The first kappa shape index (κ1) is 16.5. The monoisotopic (exact) mass is 345 g/mol. The lowest BCUT2D eigenvalue weighted by Gasteiger charge is -2.22. The second-order valence-corrected chi connectivity index (χ2v) is 7.02. The summed E-state index contributed by atoms with van der Waals surface area (Å²) in [6, 6.07) is 7.39. The van der Waals surface area contributed by atoms with Crippen molar-refractivity contribution >= 4 is 17.2 Å². The van der Waals surface area contributed by atoms with Gasteiger partial charge in [0.1, 0.15) is 17.1 Å². The maximum atomic E-state index is 12.3. The first-order chi connectivity index (χ1) is 11.3. The molecular formula is C17H19N3O3S. The Kier molecular flexibility index (Phi) is 4.29. The fourth-order valence-electron chi connectivity index (χ4n) is 2.30. The number of thiophene rings is 1. The fourth-order valence-corrected chi connectivity index (χ4v) is 3.18. The first-order valence-electron chi connectivity index (χ1n) is 7.51. The molecule has 0 spiro atoms. The fraction of sp³-hybridized carbons (Fsp3) is 0.294. The molecule has 6 nitrogen and oxygen atoms in total. The molecule has 0 aromatic carbocycles. The summed E-state index contributed by atoms with van der Waals surface area (Å²) in [4.78, 5) is 13.8. The molecule has 3 aromatic rings. The van der Waals surface area contributed by atoms with Gasteiger partial charge in [-0.05, 0) is 38.1 Å². The molecule has 0 aliphatic rings. The normalized spacial score (nSPS) is 13.7. The maximum absolute atomic E-state index is 12.3. The Balaban J connectivity index is 1.66. The van der Waals surface area contributed by atoms with Crippen molar-refractivity contribution in [1.82, 2.24) is 15.1 Å².